The van der Waals surface area contributed by atoms with Crippen LogP contribution in [0.4, 0.5) is 0 Å². The van der Waals surface area contributed by atoms with Gasteiger partial charge in [0.1, 0.15) is 5.78 Å². The Bertz CT molecular complexity index is 338. The lowest BCUT2D eigenvalue weighted by molar-refractivity contribution is -0.117. The minimum absolute atomic E-state index is 0.0618. The molecule has 1 unspecified atom stereocenters. The molecule has 0 aliphatic heterocycles. The number of benzene rings is 1. The Hall–Kier alpha value is -0.800. The van der Waals surface area contributed by atoms with Crippen molar-refractivity contribution in [3.8, 4) is 0 Å². The number of aryl methyl sites for hydroxylation is 1. The summed E-state index contributed by atoms with van der Waals surface area (Å²) in [7, 11) is 0. The number of ketones is 1. The Kier molecular flexibility index (Phi) is 4.85. The highest BCUT2D eigenvalue weighted by Crippen LogP contribution is 2.14. The molecule has 1 aromatic carbocycles. The molecule has 0 aliphatic rings. The molecule has 0 fully saturated rings. The molecular formula is C12H17NOS. The smallest absolute Gasteiger partial charge is 0.147 e. The first kappa shape index (κ1) is 12.3. The lowest BCUT2D eigenvalue weighted by Crippen LogP contribution is -2.30. The lowest BCUT2D eigenvalue weighted by Gasteiger charge is -2.07. The first-order valence-electron chi connectivity index (χ1n) is 4.99. The van der Waals surface area contributed by atoms with Gasteiger partial charge in [-0.25, -0.2) is 0 Å². The number of Topliss-reactive ketones (excluding diaryl/α,β-unsaturated/α-hetero) is 1. The van der Waals surface area contributed by atoms with Gasteiger partial charge >= 0.3 is 0 Å². The minimum Gasteiger partial charge on any atom is -0.321 e. The van der Waals surface area contributed by atoms with Gasteiger partial charge in [0.25, 0.3) is 0 Å². The molecule has 1 rings (SSSR count). The van der Waals surface area contributed by atoms with Gasteiger partial charge in [-0.2, -0.15) is 11.8 Å². The second-order valence-corrected chi connectivity index (χ2v) is 4.75. The third kappa shape index (κ3) is 4.49. The lowest BCUT2D eigenvalue weighted by atomic mass is 10.2. The van der Waals surface area contributed by atoms with Crippen molar-refractivity contribution in [2.45, 2.75) is 25.6 Å². The monoisotopic (exact) mass is 223 g/mol. The van der Waals surface area contributed by atoms with E-state index in [2.05, 4.69) is 31.2 Å². The average Bonchev–Trinajstić information content (AvgIpc) is 2.17. The SMILES string of the molecule is CC(=O)C(N)CSCc1cccc(C)c1. The second-order valence-electron chi connectivity index (χ2n) is 3.72. The van der Waals surface area contributed by atoms with Crippen LogP contribution in [0.15, 0.2) is 24.3 Å². The maximum atomic E-state index is 10.9. The van der Waals surface area contributed by atoms with Gasteiger partial charge in [0.15, 0.2) is 0 Å². The molecule has 0 amide bonds. The fraction of sp³-hybridized carbons (Fsp3) is 0.417. The molecule has 0 saturated carbocycles. The van der Waals surface area contributed by atoms with Crippen LogP contribution in [0, 0.1) is 6.92 Å². The first-order valence-corrected chi connectivity index (χ1v) is 6.14. The Balaban J connectivity index is 2.35. The molecule has 2 nitrogen and oxygen atoms in total. The summed E-state index contributed by atoms with van der Waals surface area (Å²) in [4.78, 5) is 10.9. The minimum atomic E-state index is -0.320. The van der Waals surface area contributed by atoms with Crippen molar-refractivity contribution in [2.24, 2.45) is 5.73 Å². The Labute approximate surface area is 95.2 Å². The molecule has 0 aliphatic carbocycles. The van der Waals surface area contributed by atoms with Crippen LogP contribution in [0.1, 0.15) is 18.1 Å². The third-order valence-corrected chi connectivity index (χ3v) is 3.30. The van der Waals surface area contributed by atoms with Crippen LogP contribution < -0.4 is 5.73 Å². The quantitative estimate of drug-likeness (QED) is 0.831. The highest BCUT2D eigenvalue weighted by molar-refractivity contribution is 7.98. The van der Waals surface area contributed by atoms with Gasteiger partial charge in [-0.05, 0) is 19.4 Å². The van der Waals surface area contributed by atoms with Crippen LogP contribution in [0.5, 0.6) is 0 Å². The van der Waals surface area contributed by atoms with Crippen molar-refractivity contribution in [3.63, 3.8) is 0 Å². The maximum Gasteiger partial charge on any atom is 0.147 e. The molecule has 1 aromatic rings. The largest absolute Gasteiger partial charge is 0.321 e. The molecule has 2 N–H and O–H groups in total. The predicted octanol–water partition coefficient (Wildman–Crippen LogP) is 2.14. The molecule has 0 radical (unpaired) electrons. The van der Waals surface area contributed by atoms with E-state index in [1.807, 2.05) is 0 Å². The number of nitrogens with two attached hydrogens (primary N) is 1. The van der Waals surface area contributed by atoms with Crippen molar-refractivity contribution < 1.29 is 4.79 Å². The Morgan fingerprint density at radius 2 is 2.27 bits per heavy atom. The zero-order chi connectivity index (χ0) is 11.3. The van der Waals surface area contributed by atoms with Crippen LogP contribution in [-0.4, -0.2) is 17.6 Å². The molecular weight excluding hydrogens is 206 g/mol. The van der Waals surface area contributed by atoms with Crippen molar-refractivity contribution in [3.05, 3.63) is 35.4 Å². The number of hydrogen-bond acceptors (Lipinski definition) is 3. The summed E-state index contributed by atoms with van der Waals surface area (Å²) in [6.07, 6.45) is 0. The first-order chi connectivity index (χ1) is 7.09. The van der Waals surface area contributed by atoms with E-state index in [1.165, 1.54) is 18.1 Å². The number of hydrogen-bond donors (Lipinski definition) is 1. The fourth-order valence-corrected chi connectivity index (χ4v) is 2.24. The zero-order valence-corrected chi connectivity index (χ0v) is 10.0. The van der Waals surface area contributed by atoms with Gasteiger partial charge in [-0.3, -0.25) is 4.79 Å². The van der Waals surface area contributed by atoms with E-state index in [1.54, 1.807) is 11.8 Å². The van der Waals surface area contributed by atoms with Crippen molar-refractivity contribution in [1.82, 2.24) is 0 Å². The van der Waals surface area contributed by atoms with Gasteiger partial charge in [0.2, 0.25) is 0 Å². The van der Waals surface area contributed by atoms with Gasteiger partial charge in [-0.1, -0.05) is 29.8 Å². The zero-order valence-electron chi connectivity index (χ0n) is 9.19. The summed E-state index contributed by atoms with van der Waals surface area (Å²) in [5.41, 5.74) is 8.20. The number of thioether (sulfide) groups is 1. The molecule has 15 heavy (non-hydrogen) atoms. The van der Waals surface area contributed by atoms with E-state index in [9.17, 15) is 4.79 Å². The molecule has 0 heterocycles. The summed E-state index contributed by atoms with van der Waals surface area (Å²) < 4.78 is 0. The summed E-state index contributed by atoms with van der Waals surface area (Å²) in [6.45, 7) is 3.62. The van der Waals surface area contributed by atoms with Crippen molar-refractivity contribution in [1.29, 1.82) is 0 Å². The number of rotatable bonds is 5. The molecule has 0 bridgehead atoms. The predicted molar refractivity (Wildman–Crippen MR) is 66.0 cm³/mol. The van der Waals surface area contributed by atoms with Crippen LogP contribution in [0.3, 0.4) is 0 Å². The van der Waals surface area contributed by atoms with Crippen LogP contribution in [-0.2, 0) is 10.5 Å². The molecule has 0 aromatic heterocycles. The highest BCUT2D eigenvalue weighted by atomic mass is 32.2. The Morgan fingerprint density at radius 1 is 1.53 bits per heavy atom. The van der Waals surface area contributed by atoms with Crippen LogP contribution in [0.25, 0.3) is 0 Å². The summed E-state index contributed by atoms with van der Waals surface area (Å²) in [5.74, 6) is 1.68. The molecule has 3 heteroatoms. The Morgan fingerprint density at radius 3 is 2.87 bits per heavy atom. The number of carbonyl (C=O) groups excluding carboxylic acids is 1. The maximum absolute atomic E-state index is 10.9. The van der Waals surface area contributed by atoms with Gasteiger partial charge in [0.05, 0.1) is 6.04 Å². The second kappa shape index (κ2) is 5.93. The van der Waals surface area contributed by atoms with Gasteiger partial charge < -0.3 is 5.73 Å². The highest BCUT2D eigenvalue weighted by Gasteiger charge is 2.07. The summed E-state index contributed by atoms with van der Waals surface area (Å²) >= 11 is 1.71. The molecule has 0 saturated heterocycles. The standard InChI is InChI=1S/C12H17NOS/c1-9-4-3-5-11(6-9)7-15-8-12(13)10(2)14/h3-6,12H,7-8,13H2,1-2H3. The summed E-state index contributed by atoms with van der Waals surface area (Å²) in [5, 5.41) is 0. The molecule has 1 atom stereocenters. The van der Waals surface area contributed by atoms with E-state index in [0.29, 0.717) is 5.75 Å². The number of carbonyl (C=O) groups is 1. The summed E-state index contributed by atoms with van der Waals surface area (Å²) in [6, 6.07) is 8.07. The average molecular weight is 223 g/mol. The van der Waals surface area contributed by atoms with E-state index >= 15 is 0 Å². The van der Waals surface area contributed by atoms with E-state index < -0.39 is 0 Å². The van der Waals surface area contributed by atoms with E-state index in [0.717, 1.165) is 5.75 Å². The molecule has 0 spiro atoms. The van der Waals surface area contributed by atoms with Crippen LogP contribution in [0.2, 0.25) is 0 Å². The van der Waals surface area contributed by atoms with Gasteiger partial charge in [0, 0.05) is 11.5 Å². The third-order valence-electron chi connectivity index (χ3n) is 2.17. The fourth-order valence-electron chi connectivity index (χ4n) is 1.22. The van der Waals surface area contributed by atoms with Gasteiger partial charge in [-0.15, -0.1) is 0 Å². The normalized spacial score (nSPS) is 12.5. The van der Waals surface area contributed by atoms with Crippen molar-refractivity contribution >= 4 is 17.5 Å². The van der Waals surface area contributed by atoms with Crippen LogP contribution >= 0.6 is 11.8 Å². The van der Waals surface area contributed by atoms with E-state index in [-0.39, 0.29) is 11.8 Å². The van der Waals surface area contributed by atoms with Crippen molar-refractivity contribution in [2.75, 3.05) is 5.75 Å². The van der Waals surface area contributed by atoms with E-state index in [4.69, 9.17) is 5.73 Å². The molecule has 82 valence electrons. The topological polar surface area (TPSA) is 43.1 Å².